The molecule has 0 aliphatic carbocycles. The minimum atomic E-state index is -0.293. The highest BCUT2D eigenvalue weighted by Crippen LogP contribution is 2.18. The summed E-state index contributed by atoms with van der Waals surface area (Å²) in [6.45, 7) is 2.30. The van der Waals surface area contributed by atoms with Crippen LogP contribution in [0.25, 0.3) is 16.7 Å². The molecule has 4 aromatic rings. The average Bonchev–Trinajstić information content (AvgIpc) is 3.26. The van der Waals surface area contributed by atoms with Crippen molar-refractivity contribution in [3.8, 4) is 5.82 Å². The quantitative estimate of drug-likeness (QED) is 0.502. The molecule has 0 aliphatic rings. The van der Waals surface area contributed by atoms with Gasteiger partial charge in [-0.3, -0.25) is 9.59 Å². The number of hydrogen-bond acceptors (Lipinski definition) is 4. The maximum atomic E-state index is 12.5. The first-order valence-corrected chi connectivity index (χ1v) is 8.57. The molecule has 136 valence electrons. The van der Waals surface area contributed by atoms with Crippen molar-refractivity contribution in [2.45, 2.75) is 13.3 Å². The largest absolute Gasteiger partial charge is 0.361 e. The van der Waals surface area contributed by atoms with Gasteiger partial charge < -0.3 is 10.3 Å². The van der Waals surface area contributed by atoms with Gasteiger partial charge in [-0.25, -0.2) is 9.78 Å². The van der Waals surface area contributed by atoms with Gasteiger partial charge in [0.15, 0.2) is 5.82 Å². The van der Waals surface area contributed by atoms with E-state index in [1.165, 1.54) is 22.3 Å². The number of H-pyrrole nitrogens is 2. The van der Waals surface area contributed by atoms with Crippen molar-refractivity contribution in [3.63, 3.8) is 0 Å². The van der Waals surface area contributed by atoms with Gasteiger partial charge in [-0.05, 0) is 31.0 Å². The third kappa shape index (κ3) is 3.24. The van der Waals surface area contributed by atoms with E-state index in [0.717, 1.165) is 17.5 Å². The molecule has 8 heteroatoms. The Morgan fingerprint density at radius 3 is 2.89 bits per heavy atom. The minimum absolute atomic E-state index is 0.192. The van der Waals surface area contributed by atoms with Crippen molar-refractivity contribution in [1.82, 2.24) is 30.3 Å². The topological polar surface area (TPSA) is 108 Å². The van der Waals surface area contributed by atoms with Crippen LogP contribution in [0.1, 0.15) is 21.6 Å². The molecule has 0 bridgehead atoms. The Labute approximate surface area is 154 Å². The number of aromatic nitrogens is 5. The van der Waals surface area contributed by atoms with E-state index in [4.69, 9.17) is 0 Å². The molecule has 0 spiro atoms. The van der Waals surface area contributed by atoms with Gasteiger partial charge in [0.05, 0.1) is 17.5 Å². The van der Waals surface area contributed by atoms with Crippen molar-refractivity contribution < 1.29 is 4.79 Å². The lowest BCUT2D eigenvalue weighted by Gasteiger charge is -2.06. The Balaban J connectivity index is 1.44. The smallest absolute Gasteiger partial charge is 0.264 e. The van der Waals surface area contributed by atoms with E-state index in [1.54, 1.807) is 13.0 Å². The van der Waals surface area contributed by atoms with Gasteiger partial charge in [-0.15, -0.1) is 0 Å². The molecular formula is C19H18N6O2. The SMILES string of the molecule is Cc1c(C(=O)NCCc2c[nH]c3ccccc23)cnn1-c1ccc(=O)[nH]n1. The molecule has 0 saturated heterocycles. The first-order chi connectivity index (χ1) is 13.1. The summed E-state index contributed by atoms with van der Waals surface area (Å²) in [4.78, 5) is 26.9. The van der Waals surface area contributed by atoms with E-state index in [9.17, 15) is 9.59 Å². The Kier molecular flexibility index (Phi) is 4.29. The van der Waals surface area contributed by atoms with E-state index in [-0.39, 0.29) is 11.5 Å². The second kappa shape index (κ2) is 6.91. The number of aromatic amines is 2. The molecule has 3 aromatic heterocycles. The number of benzene rings is 1. The summed E-state index contributed by atoms with van der Waals surface area (Å²) in [6, 6.07) is 11.0. The van der Waals surface area contributed by atoms with Gasteiger partial charge in [-0.2, -0.15) is 10.2 Å². The van der Waals surface area contributed by atoms with E-state index in [2.05, 4.69) is 31.7 Å². The molecule has 0 aliphatic heterocycles. The molecule has 0 saturated carbocycles. The fraction of sp³-hybridized carbons (Fsp3) is 0.158. The molecular weight excluding hydrogens is 344 g/mol. The summed E-state index contributed by atoms with van der Waals surface area (Å²) >= 11 is 0. The summed E-state index contributed by atoms with van der Waals surface area (Å²) in [5, 5.41) is 14.6. The van der Waals surface area contributed by atoms with Crippen molar-refractivity contribution in [1.29, 1.82) is 0 Å². The van der Waals surface area contributed by atoms with E-state index < -0.39 is 0 Å². The van der Waals surface area contributed by atoms with Crippen molar-refractivity contribution in [2.75, 3.05) is 6.54 Å². The lowest BCUT2D eigenvalue weighted by molar-refractivity contribution is 0.0953. The Bertz CT molecular complexity index is 1150. The first-order valence-electron chi connectivity index (χ1n) is 8.57. The van der Waals surface area contributed by atoms with Gasteiger partial charge in [0.1, 0.15) is 0 Å². The number of nitrogens with zero attached hydrogens (tertiary/aromatic N) is 3. The number of para-hydroxylation sites is 1. The lowest BCUT2D eigenvalue weighted by atomic mass is 10.1. The number of fused-ring (bicyclic) bond motifs is 1. The summed E-state index contributed by atoms with van der Waals surface area (Å²) in [7, 11) is 0. The highest BCUT2D eigenvalue weighted by molar-refractivity contribution is 5.95. The Hall–Kier alpha value is -3.68. The second-order valence-electron chi connectivity index (χ2n) is 6.20. The third-order valence-corrected chi connectivity index (χ3v) is 4.49. The van der Waals surface area contributed by atoms with E-state index >= 15 is 0 Å². The molecule has 0 radical (unpaired) electrons. The van der Waals surface area contributed by atoms with Crippen LogP contribution in [0.4, 0.5) is 0 Å². The van der Waals surface area contributed by atoms with E-state index in [0.29, 0.717) is 23.6 Å². The van der Waals surface area contributed by atoms with Crippen LogP contribution in [-0.2, 0) is 6.42 Å². The fourth-order valence-electron chi connectivity index (χ4n) is 3.06. The number of carbonyl (C=O) groups excluding carboxylic acids is 1. The molecule has 3 N–H and O–H groups in total. The van der Waals surface area contributed by atoms with E-state index in [1.807, 2.05) is 24.4 Å². The number of rotatable bonds is 5. The number of amides is 1. The van der Waals surface area contributed by atoms with Crippen LogP contribution in [0.2, 0.25) is 0 Å². The van der Waals surface area contributed by atoms with Crippen molar-refractivity contribution in [2.24, 2.45) is 0 Å². The third-order valence-electron chi connectivity index (χ3n) is 4.49. The van der Waals surface area contributed by atoms with Gasteiger partial charge in [0.25, 0.3) is 11.5 Å². The van der Waals surface area contributed by atoms with Crippen LogP contribution in [0.15, 0.2) is 53.6 Å². The van der Waals surface area contributed by atoms with Crippen LogP contribution in [-0.4, -0.2) is 37.4 Å². The normalized spacial score (nSPS) is 11.0. The number of nitrogens with one attached hydrogen (secondary N) is 3. The van der Waals surface area contributed by atoms with Gasteiger partial charge >= 0.3 is 0 Å². The average molecular weight is 362 g/mol. The molecule has 0 atom stereocenters. The fourth-order valence-corrected chi connectivity index (χ4v) is 3.06. The standard InChI is InChI=1S/C19H18N6O2/c1-12-15(11-22-25(12)17-6-7-18(26)24-23-17)19(27)20-9-8-13-10-21-16-5-3-2-4-14(13)16/h2-7,10-11,21H,8-9H2,1H3,(H,20,27)(H,24,26). The molecule has 27 heavy (non-hydrogen) atoms. The Morgan fingerprint density at radius 2 is 2.07 bits per heavy atom. The zero-order valence-electron chi connectivity index (χ0n) is 14.7. The van der Waals surface area contributed by atoms with Crippen molar-refractivity contribution in [3.05, 3.63) is 76.0 Å². The second-order valence-corrected chi connectivity index (χ2v) is 6.20. The molecule has 4 rings (SSSR count). The monoisotopic (exact) mass is 362 g/mol. The van der Waals surface area contributed by atoms with Crippen molar-refractivity contribution >= 4 is 16.8 Å². The lowest BCUT2D eigenvalue weighted by Crippen LogP contribution is -2.26. The van der Waals surface area contributed by atoms with Gasteiger partial charge in [-0.1, -0.05) is 18.2 Å². The predicted molar refractivity (Wildman–Crippen MR) is 101 cm³/mol. The molecule has 8 nitrogen and oxygen atoms in total. The molecule has 3 heterocycles. The van der Waals surface area contributed by atoms with Gasteiger partial charge in [0.2, 0.25) is 0 Å². The van der Waals surface area contributed by atoms with Crippen LogP contribution in [0, 0.1) is 6.92 Å². The number of hydrogen-bond donors (Lipinski definition) is 3. The molecule has 1 amide bonds. The zero-order chi connectivity index (χ0) is 18.8. The highest BCUT2D eigenvalue weighted by atomic mass is 16.1. The maximum absolute atomic E-state index is 12.5. The van der Waals surface area contributed by atoms with Crippen LogP contribution in [0.5, 0.6) is 0 Å². The zero-order valence-corrected chi connectivity index (χ0v) is 14.7. The van der Waals surface area contributed by atoms with Gasteiger partial charge in [0, 0.05) is 29.7 Å². The van der Waals surface area contributed by atoms with Crippen LogP contribution in [0.3, 0.4) is 0 Å². The predicted octanol–water partition coefficient (Wildman–Crippen LogP) is 1.72. The molecule has 1 aromatic carbocycles. The Morgan fingerprint density at radius 1 is 1.22 bits per heavy atom. The minimum Gasteiger partial charge on any atom is -0.361 e. The number of carbonyl (C=O) groups is 1. The summed E-state index contributed by atoms with van der Waals surface area (Å²) in [6.07, 6.45) is 4.20. The summed E-state index contributed by atoms with van der Waals surface area (Å²) in [5.41, 5.74) is 3.08. The first kappa shape index (κ1) is 16.8. The maximum Gasteiger partial charge on any atom is 0.264 e. The summed E-state index contributed by atoms with van der Waals surface area (Å²) < 4.78 is 1.52. The highest BCUT2D eigenvalue weighted by Gasteiger charge is 2.15. The van der Waals surface area contributed by atoms with Crippen LogP contribution < -0.4 is 10.9 Å². The molecule has 0 unspecified atom stereocenters. The van der Waals surface area contributed by atoms with Crippen LogP contribution >= 0.6 is 0 Å². The molecule has 0 fully saturated rings. The summed E-state index contributed by atoms with van der Waals surface area (Å²) in [5.74, 6) is 0.257.